The molecule has 1 amide bonds. The molecule has 132 valence electrons. The number of esters is 1. The molecule has 0 spiro atoms. The monoisotopic (exact) mass is 340 g/mol. The Kier molecular flexibility index (Phi) is 5.32. The summed E-state index contributed by atoms with van der Waals surface area (Å²) in [4.78, 5) is 45.2. The van der Waals surface area contributed by atoms with E-state index in [4.69, 9.17) is 9.57 Å². The lowest BCUT2D eigenvalue weighted by Gasteiger charge is -2.27. The number of amides is 1. The van der Waals surface area contributed by atoms with Gasteiger partial charge in [-0.05, 0) is 13.0 Å². The van der Waals surface area contributed by atoms with E-state index in [0.717, 1.165) is 4.57 Å². The molecule has 0 aliphatic carbocycles. The molecular formula is C14H20N4O6. The molecule has 24 heavy (non-hydrogen) atoms. The maximum Gasteiger partial charge on any atom is 0.362 e. The second-order valence-corrected chi connectivity index (χ2v) is 5.33. The quantitative estimate of drug-likeness (QED) is 0.658. The van der Waals surface area contributed by atoms with Gasteiger partial charge in [0, 0.05) is 26.6 Å². The summed E-state index contributed by atoms with van der Waals surface area (Å²) in [5, 5.41) is 13.1. The number of carbonyl (C=O) groups is 2. The van der Waals surface area contributed by atoms with Gasteiger partial charge in [-0.1, -0.05) is 0 Å². The maximum atomic E-state index is 12.5. The van der Waals surface area contributed by atoms with E-state index < -0.39 is 23.4 Å². The largest absolute Gasteiger partial charge is 0.462 e. The van der Waals surface area contributed by atoms with Crippen molar-refractivity contribution >= 4 is 17.7 Å². The van der Waals surface area contributed by atoms with Crippen LogP contribution in [-0.2, 0) is 24.9 Å². The molecule has 2 heterocycles. The van der Waals surface area contributed by atoms with Crippen molar-refractivity contribution in [2.75, 3.05) is 25.6 Å². The summed E-state index contributed by atoms with van der Waals surface area (Å²) >= 11 is 0. The third-order valence-electron chi connectivity index (χ3n) is 3.62. The molecular weight excluding hydrogens is 320 g/mol. The van der Waals surface area contributed by atoms with Crippen molar-refractivity contribution in [3.8, 4) is 0 Å². The molecule has 1 aliphatic heterocycles. The van der Waals surface area contributed by atoms with Gasteiger partial charge in [0.1, 0.15) is 5.82 Å². The number of hydrogen-bond donors (Lipinski definition) is 2. The number of anilines is 1. The fourth-order valence-electron chi connectivity index (χ4n) is 2.51. The van der Waals surface area contributed by atoms with Crippen molar-refractivity contribution in [3.05, 3.63) is 22.7 Å². The Labute approximate surface area is 137 Å². The lowest BCUT2D eigenvalue weighted by molar-refractivity contribution is -0.238. The van der Waals surface area contributed by atoms with E-state index in [1.54, 1.807) is 14.0 Å². The number of aliphatic hydroxyl groups excluding tert-OH is 1. The number of hydroxylamine groups is 2. The van der Waals surface area contributed by atoms with Crippen molar-refractivity contribution in [2.45, 2.75) is 32.0 Å². The Morgan fingerprint density at radius 3 is 2.79 bits per heavy atom. The zero-order valence-electron chi connectivity index (χ0n) is 13.7. The molecule has 2 N–H and O–H groups in total. The van der Waals surface area contributed by atoms with Gasteiger partial charge >= 0.3 is 11.7 Å². The number of hydrogen-bond acceptors (Lipinski definition) is 8. The molecule has 0 bridgehead atoms. The highest BCUT2D eigenvalue weighted by atomic mass is 16.7. The second-order valence-electron chi connectivity index (χ2n) is 5.33. The van der Waals surface area contributed by atoms with E-state index in [2.05, 4.69) is 10.3 Å². The van der Waals surface area contributed by atoms with Crippen molar-refractivity contribution in [1.29, 1.82) is 0 Å². The maximum absolute atomic E-state index is 12.5. The minimum Gasteiger partial charge on any atom is -0.462 e. The molecule has 0 aromatic carbocycles. The molecule has 1 aromatic rings. The van der Waals surface area contributed by atoms with Crippen molar-refractivity contribution in [2.24, 2.45) is 0 Å². The molecule has 10 nitrogen and oxygen atoms in total. The van der Waals surface area contributed by atoms with Gasteiger partial charge < -0.3 is 15.2 Å². The van der Waals surface area contributed by atoms with Gasteiger partial charge in [-0.25, -0.2) is 9.59 Å². The smallest absolute Gasteiger partial charge is 0.362 e. The predicted molar refractivity (Wildman–Crippen MR) is 81.7 cm³/mol. The molecule has 0 unspecified atom stereocenters. The Hall–Kier alpha value is -2.30. The van der Waals surface area contributed by atoms with E-state index in [-0.39, 0.29) is 31.4 Å². The molecule has 1 aliphatic rings. The van der Waals surface area contributed by atoms with Gasteiger partial charge in [0.25, 0.3) is 5.72 Å². The average molecular weight is 340 g/mol. The van der Waals surface area contributed by atoms with E-state index in [1.165, 1.54) is 24.3 Å². The Balaban J connectivity index is 2.47. The number of aliphatic hydroxyl groups is 1. The van der Waals surface area contributed by atoms with Crippen molar-refractivity contribution < 1.29 is 24.3 Å². The molecule has 10 heteroatoms. The van der Waals surface area contributed by atoms with Gasteiger partial charge in [0.05, 0.1) is 19.3 Å². The number of nitrogens with one attached hydrogen (secondary N) is 1. The Bertz CT molecular complexity index is 690. The van der Waals surface area contributed by atoms with Crippen molar-refractivity contribution in [1.82, 2.24) is 14.6 Å². The summed E-state index contributed by atoms with van der Waals surface area (Å²) in [6.45, 7) is 2.76. The molecule has 1 fully saturated rings. The van der Waals surface area contributed by atoms with Gasteiger partial charge in [0.15, 0.2) is 0 Å². The lowest BCUT2D eigenvalue weighted by atomic mass is 10.1. The first-order valence-electron chi connectivity index (χ1n) is 7.42. The summed E-state index contributed by atoms with van der Waals surface area (Å²) in [7, 11) is 1.55. The highest BCUT2D eigenvalue weighted by molar-refractivity contribution is 5.87. The molecule has 1 aromatic heterocycles. The highest BCUT2D eigenvalue weighted by Gasteiger charge is 2.53. The SMILES string of the molecule is CCOC(=O)[C@]1(n2ccc(NC(C)=O)nc2=O)C[C@H](CO)N(C)O1. The third-order valence-corrected chi connectivity index (χ3v) is 3.62. The van der Waals surface area contributed by atoms with E-state index in [1.807, 2.05) is 0 Å². The highest BCUT2D eigenvalue weighted by Crippen LogP contribution is 2.34. The lowest BCUT2D eigenvalue weighted by Crippen LogP contribution is -2.49. The molecule has 2 rings (SSSR count). The summed E-state index contributed by atoms with van der Waals surface area (Å²) in [5.41, 5.74) is -2.54. The van der Waals surface area contributed by atoms with Gasteiger partial charge in [-0.2, -0.15) is 10.0 Å². The van der Waals surface area contributed by atoms with Crippen LogP contribution in [0.5, 0.6) is 0 Å². The molecule has 2 atom stereocenters. The van der Waals surface area contributed by atoms with Crippen LogP contribution < -0.4 is 11.0 Å². The van der Waals surface area contributed by atoms with Crippen LogP contribution in [0.2, 0.25) is 0 Å². The van der Waals surface area contributed by atoms with Crippen LogP contribution in [0.25, 0.3) is 0 Å². The third kappa shape index (κ3) is 3.30. The Morgan fingerprint density at radius 1 is 1.58 bits per heavy atom. The molecule has 1 saturated heterocycles. The number of aromatic nitrogens is 2. The zero-order valence-corrected chi connectivity index (χ0v) is 13.7. The van der Waals surface area contributed by atoms with Crippen molar-refractivity contribution in [3.63, 3.8) is 0 Å². The van der Waals surface area contributed by atoms with Crippen LogP contribution in [0.1, 0.15) is 20.3 Å². The number of nitrogens with zero attached hydrogens (tertiary/aromatic N) is 3. The van der Waals surface area contributed by atoms with Crippen LogP contribution in [0.15, 0.2) is 17.1 Å². The fraction of sp³-hybridized carbons (Fsp3) is 0.571. The van der Waals surface area contributed by atoms with Crippen LogP contribution in [-0.4, -0.2) is 57.9 Å². The summed E-state index contributed by atoms with van der Waals surface area (Å²) in [6.07, 6.45) is 1.31. The van der Waals surface area contributed by atoms with E-state index >= 15 is 0 Å². The number of likely N-dealkylation sites (N-methyl/N-ethyl adjacent to an activating group) is 1. The summed E-state index contributed by atoms with van der Waals surface area (Å²) < 4.78 is 6.05. The molecule has 0 saturated carbocycles. The van der Waals surface area contributed by atoms with Crippen LogP contribution >= 0.6 is 0 Å². The minimum absolute atomic E-state index is 0.0138. The average Bonchev–Trinajstić information content (AvgIpc) is 2.85. The van der Waals surface area contributed by atoms with Crippen LogP contribution in [0.3, 0.4) is 0 Å². The van der Waals surface area contributed by atoms with Crippen LogP contribution in [0.4, 0.5) is 5.82 Å². The van der Waals surface area contributed by atoms with Gasteiger partial charge in [0.2, 0.25) is 5.91 Å². The zero-order chi connectivity index (χ0) is 17.9. The predicted octanol–water partition coefficient (Wildman–Crippen LogP) is -0.954. The standard InChI is InChI=1S/C14H20N4O6/c1-4-23-12(21)14(7-10(8-19)17(3)24-14)18-6-5-11(15-9(2)20)16-13(18)22/h5-6,10,19H,4,7-8H2,1-3H3,(H,15,16,20,22)/t10-,14+/m1/s1. The van der Waals surface area contributed by atoms with Crippen LogP contribution in [0, 0.1) is 0 Å². The Morgan fingerprint density at radius 2 is 2.29 bits per heavy atom. The second kappa shape index (κ2) is 7.07. The summed E-state index contributed by atoms with van der Waals surface area (Å²) in [5.74, 6) is -1.08. The van der Waals surface area contributed by atoms with E-state index in [9.17, 15) is 19.5 Å². The topological polar surface area (TPSA) is 123 Å². The minimum atomic E-state index is -1.75. The first-order valence-corrected chi connectivity index (χ1v) is 7.42. The number of carbonyl (C=O) groups excluding carboxylic acids is 2. The van der Waals surface area contributed by atoms with Gasteiger partial charge in [-0.3, -0.25) is 14.2 Å². The first kappa shape index (κ1) is 18.0. The number of rotatable bonds is 5. The van der Waals surface area contributed by atoms with E-state index in [0.29, 0.717) is 0 Å². The first-order chi connectivity index (χ1) is 11.3. The fourth-order valence-corrected chi connectivity index (χ4v) is 2.51. The number of ether oxygens (including phenoxy) is 1. The van der Waals surface area contributed by atoms with Gasteiger partial charge in [-0.15, -0.1) is 0 Å². The summed E-state index contributed by atoms with van der Waals surface area (Å²) in [6, 6.07) is 0.885. The molecule has 0 radical (unpaired) electrons. The normalized spacial score (nSPS) is 23.9.